The molecular weight excluding hydrogens is 443 g/mol. The highest BCUT2D eigenvalue weighted by Gasteiger charge is 2.39. The largest absolute Gasteiger partial charge is 0.495 e. The normalized spacial score (nSPS) is 13.6. The van der Waals surface area contributed by atoms with Crippen LogP contribution in [0.3, 0.4) is 0 Å². The van der Waals surface area contributed by atoms with Crippen molar-refractivity contribution in [1.82, 2.24) is 4.90 Å². The Hall–Kier alpha value is -3.64. The van der Waals surface area contributed by atoms with Gasteiger partial charge in [-0.2, -0.15) is 0 Å². The van der Waals surface area contributed by atoms with Crippen LogP contribution in [-0.4, -0.2) is 30.4 Å². The van der Waals surface area contributed by atoms with E-state index in [2.05, 4.69) is 5.32 Å². The van der Waals surface area contributed by atoms with Gasteiger partial charge in [0.15, 0.2) is 0 Å². The van der Waals surface area contributed by atoms with Crippen molar-refractivity contribution in [2.75, 3.05) is 19.0 Å². The van der Waals surface area contributed by atoms with Gasteiger partial charge in [0.25, 0.3) is 11.8 Å². The van der Waals surface area contributed by atoms with E-state index in [1.54, 1.807) is 30.3 Å². The van der Waals surface area contributed by atoms with E-state index in [0.29, 0.717) is 34.0 Å². The van der Waals surface area contributed by atoms with E-state index in [1.807, 2.05) is 31.2 Å². The Bertz CT molecular complexity index is 1240. The van der Waals surface area contributed by atoms with Gasteiger partial charge in [0.2, 0.25) is 0 Å². The minimum atomic E-state index is -0.426. The fraction of sp³-hybridized carbons (Fsp3) is 0.154. The first kappa shape index (κ1) is 22.6. The molecule has 0 saturated heterocycles. The van der Waals surface area contributed by atoms with E-state index in [4.69, 9.17) is 16.3 Å². The second-order valence-corrected chi connectivity index (χ2v) is 8.14. The molecule has 168 valence electrons. The number of carbonyl (C=O) groups excluding carboxylic acids is 2. The number of benzene rings is 3. The van der Waals surface area contributed by atoms with E-state index >= 15 is 0 Å². The van der Waals surface area contributed by atoms with Gasteiger partial charge in [0.05, 0.1) is 17.7 Å². The van der Waals surface area contributed by atoms with Crippen LogP contribution in [0.5, 0.6) is 5.75 Å². The molecule has 0 fully saturated rings. The molecule has 0 radical (unpaired) electrons. The van der Waals surface area contributed by atoms with Gasteiger partial charge in [0, 0.05) is 12.2 Å². The van der Waals surface area contributed by atoms with Crippen molar-refractivity contribution < 1.29 is 18.7 Å². The lowest BCUT2D eigenvalue weighted by Crippen LogP contribution is -2.34. The number of ether oxygens (including phenoxy) is 1. The number of amides is 2. The topological polar surface area (TPSA) is 58.6 Å². The first-order valence-corrected chi connectivity index (χ1v) is 10.8. The van der Waals surface area contributed by atoms with Crippen LogP contribution in [0.4, 0.5) is 10.1 Å². The lowest BCUT2D eigenvalue weighted by Gasteiger charge is -2.15. The van der Waals surface area contributed by atoms with Crippen molar-refractivity contribution in [2.45, 2.75) is 13.3 Å². The Balaban J connectivity index is 1.66. The fourth-order valence-electron chi connectivity index (χ4n) is 3.66. The van der Waals surface area contributed by atoms with Crippen molar-refractivity contribution in [1.29, 1.82) is 0 Å². The van der Waals surface area contributed by atoms with E-state index in [9.17, 15) is 14.0 Å². The highest BCUT2D eigenvalue weighted by molar-refractivity contribution is 6.36. The van der Waals surface area contributed by atoms with Crippen LogP contribution < -0.4 is 10.1 Å². The molecule has 3 aromatic carbocycles. The SMILES string of the molecule is COc1ccc(NC2=C(c3ccc(C)cc3)C(=O)N(CCc3ccc(F)cc3)C2=O)cc1Cl. The van der Waals surface area contributed by atoms with Crippen LogP contribution in [0.15, 0.2) is 72.4 Å². The number of carbonyl (C=O) groups is 2. The van der Waals surface area contributed by atoms with Crippen LogP contribution in [0.1, 0.15) is 16.7 Å². The number of nitrogens with zero attached hydrogens (tertiary/aromatic N) is 1. The summed E-state index contributed by atoms with van der Waals surface area (Å²) >= 11 is 6.24. The highest BCUT2D eigenvalue weighted by Crippen LogP contribution is 2.33. The summed E-state index contributed by atoms with van der Waals surface area (Å²) in [5.41, 5.74) is 3.56. The summed E-state index contributed by atoms with van der Waals surface area (Å²) in [7, 11) is 1.52. The van der Waals surface area contributed by atoms with Gasteiger partial charge in [-0.25, -0.2) is 4.39 Å². The van der Waals surface area contributed by atoms with Crippen LogP contribution in [0.2, 0.25) is 5.02 Å². The molecule has 7 heteroatoms. The third kappa shape index (κ3) is 4.76. The Labute approximate surface area is 196 Å². The molecule has 3 aromatic rings. The standard InChI is InChI=1S/C26H22ClFN2O3/c1-16-3-7-18(8-4-16)23-24(29-20-11-12-22(33-2)21(27)15-20)26(32)30(25(23)31)14-13-17-5-9-19(28)10-6-17/h3-12,15,29H,13-14H2,1-2H3. The Morgan fingerprint density at radius 3 is 2.30 bits per heavy atom. The maximum absolute atomic E-state index is 13.3. The predicted molar refractivity (Wildman–Crippen MR) is 127 cm³/mol. The summed E-state index contributed by atoms with van der Waals surface area (Å²) in [6.07, 6.45) is 0.417. The summed E-state index contributed by atoms with van der Waals surface area (Å²) in [4.78, 5) is 27.9. The van der Waals surface area contributed by atoms with Gasteiger partial charge >= 0.3 is 0 Å². The quantitative estimate of drug-likeness (QED) is 0.486. The number of hydrogen-bond acceptors (Lipinski definition) is 4. The maximum Gasteiger partial charge on any atom is 0.278 e. The van der Waals surface area contributed by atoms with Crippen LogP contribution in [-0.2, 0) is 16.0 Å². The Morgan fingerprint density at radius 1 is 0.970 bits per heavy atom. The molecule has 0 saturated carbocycles. The van der Waals surface area contributed by atoms with Gasteiger partial charge in [-0.3, -0.25) is 14.5 Å². The molecular formula is C26H22ClFN2O3. The number of aryl methyl sites for hydroxylation is 1. The van der Waals surface area contributed by atoms with Crippen LogP contribution in [0, 0.1) is 12.7 Å². The third-order valence-corrected chi connectivity index (χ3v) is 5.76. The molecule has 0 bridgehead atoms. The van der Waals surface area contributed by atoms with E-state index < -0.39 is 5.91 Å². The van der Waals surface area contributed by atoms with Crippen LogP contribution >= 0.6 is 11.6 Å². The van der Waals surface area contributed by atoms with Crippen molar-refractivity contribution >= 4 is 34.7 Å². The molecule has 0 aromatic heterocycles. The summed E-state index contributed by atoms with van der Waals surface area (Å²) in [6, 6.07) is 18.5. The first-order chi connectivity index (χ1) is 15.9. The maximum atomic E-state index is 13.3. The zero-order valence-electron chi connectivity index (χ0n) is 18.2. The average Bonchev–Trinajstić information content (AvgIpc) is 3.03. The van der Waals surface area contributed by atoms with Crippen molar-refractivity contribution in [3.05, 3.63) is 100.0 Å². The van der Waals surface area contributed by atoms with E-state index in [0.717, 1.165) is 11.1 Å². The summed E-state index contributed by atoms with van der Waals surface area (Å²) in [5.74, 6) is -0.637. The summed E-state index contributed by atoms with van der Waals surface area (Å²) in [5, 5.41) is 3.47. The smallest absolute Gasteiger partial charge is 0.278 e. The third-order valence-electron chi connectivity index (χ3n) is 5.47. The van der Waals surface area contributed by atoms with Gasteiger partial charge in [-0.05, 0) is 54.8 Å². The number of rotatable bonds is 7. The lowest BCUT2D eigenvalue weighted by molar-refractivity contribution is -0.136. The minimum Gasteiger partial charge on any atom is -0.495 e. The molecule has 0 unspecified atom stereocenters. The average molecular weight is 465 g/mol. The number of anilines is 1. The molecule has 2 amide bonds. The van der Waals surface area contributed by atoms with E-state index in [1.165, 1.54) is 24.1 Å². The van der Waals surface area contributed by atoms with Gasteiger partial charge in [-0.15, -0.1) is 0 Å². The highest BCUT2D eigenvalue weighted by atomic mass is 35.5. The monoisotopic (exact) mass is 464 g/mol. The number of methoxy groups -OCH3 is 1. The zero-order valence-corrected chi connectivity index (χ0v) is 18.9. The summed E-state index contributed by atoms with van der Waals surface area (Å²) in [6.45, 7) is 2.13. The van der Waals surface area contributed by atoms with Gasteiger partial charge in [-0.1, -0.05) is 53.6 Å². The fourth-order valence-corrected chi connectivity index (χ4v) is 3.92. The number of hydrogen-bond donors (Lipinski definition) is 1. The Morgan fingerprint density at radius 2 is 1.67 bits per heavy atom. The number of nitrogens with one attached hydrogen (secondary N) is 1. The van der Waals surface area contributed by atoms with Crippen molar-refractivity contribution in [2.24, 2.45) is 0 Å². The molecule has 5 nitrogen and oxygen atoms in total. The molecule has 1 N–H and O–H groups in total. The van der Waals surface area contributed by atoms with Crippen molar-refractivity contribution in [3.8, 4) is 5.75 Å². The molecule has 1 heterocycles. The Kier molecular flexibility index (Phi) is 6.47. The number of halogens is 2. The minimum absolute atomic E-state index is 0.174. The van der Waals surface area contributed by atoms with Crippen LogP contribution in [0.25, 0.3) is 5.57 Å². The molecule has 0 spiro atoms. The predicted octanol–water partition coefficient (Wildman–Crippen LogP) is 5.23. The zero-order chi connectivity index (χ0) is 23.5. The first-order valence-electron chi connectivity index (χ1n) is 10.4. The molecule has 33 heavy (non-hydrogen) atoms. The number of imide groups is 1. The second kappa shape index (κ2) is 9.46. The molecule has 1 aliphatic rings. The van der Waals surface area contributed by atoms with Gasteiger partial charge in [0.1, 0.15) is 17.3 Å². The molecule has 0 aliphatic carbocycles. The molecule has 4 rings (SSSR count). The molecule has 0 atom stereocenters. The van der Waals surface area contributed by atoms with E-state index in [-0.39, 0.29) is 24.0 Å². The van der Waals surface area contributed by atoms with Crippen molar-refractivity contribution in [3.63, 3.8) is 0 Å². The molecule has 1 aliphatic heterocycles. The van der Waals surface area contributed by atoms with Gasteiger partial charge < -0.3 is 10.1 Å². The second-order valence-electron chi connectivity index (χ2n) is 7.73. The lowest BCUT2D eigenvalue weighted by atomic mass is 10.0. The summed E-state index contributed by atoms with van der Waals surface area (Å²) < 4.78 is 18.4.